The van der Waals surface area contributed by atoms with E-state index in [1.165, 1.54) is 16.4 Å². The van der Waals surface area contributed by atoms with Gasteiger partial charge in [-0.3, -0.25) is 15.0 Å². The summed E-state index contributed by atoms with van der Waals surface area (Å²) in [6, 6.07) is 16.4. The molecule has 1 saturated heterocycles. The zero-order valence-corrected chi connectivity index (χ0v) is 25.7. The van der Waals surface area contributed by atoms with Crippen LogP contribution in [-0.4, -0.2) is 79.4 Å². The number of likely N-dealkylation sites (N-methyl/N-ethyl adjacent to an activating group) is 1. The average molecular weight is 625 g/mol. The topological polar surface area (TPSA) is 113 Å². The minimum atomic E-state index is -3.60. The number of sulfonamides is 1. The normalized spacial score (nSPS) is 15.1. The maximum atomic E-state index is 13.2. The highest BCUT2D eigenvalue weighted by Gasteiger charge is 2.30. The van der Waals surface area contributed by atoms with Crippen molar-refractivity contribution < 1.29 is 22.9 Å². The molecule has 0 spiro atoms. The fourth-order valence-corrected chi connectivity index (χ4v) is 7.21. The maximum Gasteiger partial charge on any atom is 0.411 e. The quantitative estimate of drug-likeness (QED) is 0.146. The first kappa shape index (κ1) is 32.2. The van der Waals surface area contributed by atoms with Crippen LogP contribution in [0.3, 0.4) is 0 Å². The Morgan fingerprint density at radius 2 is 1.86 bits per heavy atom. The van der Waals surface area contributed by atoms with Gasteiger partial charge >= 0.3 is 6.09 Å². The number of nitro benzene ring substituents is 1. The van der Waals surface area contributed by atoms with E-state index in [1.54, 1.807) is 65.7 Å². The third-order valence-corrected chi connectivity index (χ3v) is 10.3. The lowest BCUT2D eigenvalue weighted by Crippen LogP contribution is -2.48. The number of terminal acetylenes is 1. The third kappa shape index (κ3) is 8.64. The fraction of sp³-hybridized carbons (Fsp3) is 0.387. The van der Waals surface area contributed by atoms with E-state index in [1.807, 2.05) is 5.38 Å². The Labute approximate surface area is 257 Å². The summed E-state index contributed by atoms with van der Waals surface area (Å²) in [7, 11) is -1.96. The number of likely N-dealkylation sites (tertiary alicyclic amines) is 1. The molecule has 0 unspecified atom stereocenters. The van der Waals surface area contributed by atoms with Crippen molar-refractivity contribution in [3.63, 3.8) is 0 Å². The lowest BCUT2D eigenvalue weighted by Gasteiger charge is -2.37. The molecule has 228 valence electrons. The average Bonchev–Trinajstić information content (AvgIpc) is 3.56. The van der Waals surface area contributed by atoms with E-state index >= 15 is 0 Å². The summed E-state index contributed by atoms with van der Waals surface area (Å²) in [5.74, 6) is 2.60. The Kier molecular flexibility index (Phi) is 11.3. The molecule has 10 nitrogen and oxygen atoms in total. The van der Waals surface area contributed by atoms with Gasteiger partial charge in [-0.1, -0.05) is 24.1 Å². The number of benzene rings is 2. The van der Waals surface area contributed by atoms with Gasteiger partial charge in [0.1, 0.15) is 6.61 Å². The fourth-order valence-electron chi connectivity index (χ4n) is 5.23. The van der Waals surface area contributed by atoms with Crippen molar-refractivity contribution in [1.82, 2.24) is 14.1 Å². The van der Waals surface area contributed by atoms with Crippen molar-refractivity contribution in [3.8, 4) is 12.3 Å². The van der Waals surface area contributed by atoms with E-state index in [4.69, 9.17) is 11.2 Å². The highest BCUT2D eigenvalue weighted by Crippen LogP contribution is 2.27. The Morgan fingerprint density at radius 3 is 2.47 bits per heavy atom. The molecule has 2 aromatic carbocycles. The summed E-state index contributed by atoms with van der Waals surface area (Å²) in [5, 5.41) is 15.0. The molecule has 0 saturated carbocycles. The molecule has 3 aromatic rings. The van der Waals surface area contributed by atoms with Gasteiger partial charge in [-0.2, -0.15) is 11.3 Å². The van der Waals surface area contributed by atoms with Crippen LogP contribution >= 0.6 is 11.3 Å². The number of thiophene rings is 1. The van der Waals surface area contributed by atoms with Crippen molar-refractivity contribution >= 4 is 33.1 Å². The van der Waals surface area contributed by atoms with E-state index in [0.717, 1.165) is 44.5 Å². The summed E-state index contributed by atoms with van der Waals surface area (Å²) >= 11 is 1.60. The number of rotatable bonds is 13. The van der Waals surface area contributed by atoms with Gasteiger partial charge in [-0.15, -0.1) is 6.42 Å². The van der Waals surface area contributed by atoms with Gasteiger partial charge in [0.25, 0.3) is 5.69 Å². The van der Waals surface area contributed by atoms with Gasteiger partial charge < -0.3 is 9.64 Å². The van der Waals surface area contributed by atoms with Crippen LogP contribution in [0, 0.1) is 22.5 Å². The molecule has 1 amide bonds. The highest BCUT2D eigenvalue weighted by molar-refractivity contribution is 7.89. The first-order valence-electron chi connectivity index (χ1n) is 14.0. The van der Waals surface area contributed by atoms with Gasteiger partial charge in [0, 0.05) is 44.9 Å². The van der Waals surface area contributed by atoms with Gasteiger partial charge in [0.05, 0.1) is 16.4 Å². The smallest absolute Gasteiger partial charge is 0.411 e. The first-order valence-corrected chi connectivity index (χ1v) is 16.4. The Balaban J connectivity index is 1.30. The van der Waals surface area contributed by atoms with E-state index < -0.39 is 21.0 Å². The van der Waals surface area contributed by atoms with Crippen molar-refractivity contribution in [2.24, 2.45) is 0 Å². The van der Waals surface area contributed by atoms with Crippen LogP contribution in [0.1, 0.15) is 36.3 Å². The van der Waals surface area contributed by atoms with Crippen LogP contribution in [0.5, 0.6) is 0 Å². The van der Waals surface area contributed by atoms with Gasteiger partial charge in [0.2, 0.25) is 10.0 Å². The largest absolute Gasteiger partial charge is 0.445 e. The van der Waals surface area contributed by atoms with Crippen LogP contribution in [0.15, 0.2) is 76.3 Å². The van der Waals surface area contributed by atoms with Crippen LogP contribution in [-0.2, 0) is 21.4 Å². The molecule has 1 aliphatic heterocycles. The second-order valence-corrected chi connectivity index (χ2v) is 13.3. The summed E-state index contributed by atoms with van der Waals surface area (Å²) in [5.41, 5.74) is 1.75. The number of ether oxygens (including phenoxy) is 1. The molecule has 0 aliphatic carbocycles. The first-order chi connectivity index (χ1) is 20.7. The second-order valence-electron chi connectivity index (χ2n) is 10.5. The zero-order valence-electron chi connectivity index (χ0n) is 24.1. The van der Waals surface area contributed by atoms with Crippen molar-refractivity contribution in [3.05, 3.63) is 92.7 Å². The molecule has 1 fully saturated rings. The molecular formula is C31H36N4O6S2. The number of nitrogens with zero attached hydrogens (tertiary/aromatic N) is 4. The van der Waals surface area contributed by atoms with Crippen LogP contribution in [0.25, 0.3) is 0 Å². The summed E-state index contributed by atoms with van der Waals surface area (Å²) < 4.78 is 33.2. The van der Waals surface area contributed by atoms with Crippen molar-refractivity contribution in [1.29, 1.82) is 0 Å². The molecule has 1 atom stereocenters. The predicted octanol–water partition coefficient (Wildman–Crippen LogP) is 5.19. The lowest BCUT2D eigenvalue weighted by atomic mass is 9.97. The van der Waals surface area contributed by atoms with Crippen molar-refractivity contribution in [2.45, 2.75) is 42.7 Å². The van der Waals surface area contributed by atoms with Gasteiger partial charge in [0.15, 0.2) is 0 Å². The minimum Gasteiger partial charge on any atom is -0.445 e. The molecular weight excluding hydrogens is 588 g/mol. The van der Waals surface area contributed by atoms with Crippen LogP contribution in [0.4, 0.5) is 10.5 Å². The summed E-state index contributed by atoms with van der Waals surface area (Å²) in [6.45, 7) is 2.85. The number of hydrogen-bond donors (Lipinski definition) is 0. The molecule has 12 heteroatoms. The minimum absolute atomic E-state index is 0.00481. The maximum absolute atomic E-state index is 13.2. The number of amides is 1. The Morgan fingerprint density at radius 1 is 1.16 bits per heavy atom. The molecule has 4 rings (SSSR count). The summed E-state index contributed by atoms with van der Waals surface area (Å²) in [6.07, 6.45) is 7.33. The number of non-ortho nitro benzene ring substituents is 1. The van der Waals surface area contributed by atoms with E-state index in [9.17, 15) is 23.3 Å². The van der Waals surface area contributed by atoms with E-state index in [0.29, 0.717) is 12.1 Å². The zero-order chi connectivity index (χ0) is 30.8. The number of nitro groups is 1. The number of carbonyl (C=O) groups excluding carboxylic acids is 1. The van der Waals surface area contributed by atoms with E-state index in [2.05, 4.69) is 22.3 Å². The van der Waals surface area contributed by atoms with Crippen molar-refractivity contribution in [2.75, 3.05) is 39.8 Å². The molecule has 0 N–H and O–H groups in total. The molecule has 43 heavy (non-hydrogen) atoms. The van der Waals surface area contributed by atoms with Gasteiger partial charge in [-0.05, 0) is 83.9 Å². The SMILES string of the molecule is C#CCN(C(=O)OCc1ccc([N+](=O)[O-])cc1)C1CCN(CC[C@H](CN(C)S(=O)(=O)c2ccccc2)c2ccsc2)CC1. The van der Waals surface area contributed by atoms with Crippen LogP contribution < -0.4 is 0 Å². The molecule has 0 bridgehead atoms. The Bertz CT molecular complexity index is 1480. The van der Waals surface area contributed by atoms with E-state index in [-0.39, 0.29) is 35.7 Å². The molecule has 2 heterocycles. The molecule has 0 radical (unpaired) electrons. The number of hydrogen-bond acceptors (Lipinski definition) is 8. The molecule has 1 aliphatic rings. The second kappa shape index (κ2) is 15.1. The van der Waals surface area contributed by atoms with Gasteiger partial charge in [-0.25, -0.2) is 17.5 Å². The molecule has 1 aromatic heterocycles. The monoisotopic (exact) mass is 624 g/mol. The third-order valence-electron chi connectivity index (χ3n) is 7.74. The lowest BCUT2D eigenvalue weighted by molar-refractivity contribution is -0.384. The summed E-state index contributed by atoms with van der Waals surface area (Å²) in [4.78, 5) is 27.5. The predicted molar refractivity (Wildman–Crippen MR) is 166 cm³/mol. The van der Waals surface area contributed by atoms with Crippen LogP contribution in [0.2, 0.25) is 0 Å². The highest BCUT2D eigenvalue weighted by atomic mass is 32.2. The number of piperidine rings is 1. The standard InChI is InChI=1S/C31H36N4O6S2/c1-3-17-34(31(36)41-23-25-9-11-29(12-10-25)35(37)38)28-14-19-33(20-15-28)18-13-26(27-16-21-42-24-27)22-32(2)43(39,40)30-7-5-4-6-8-30/h1,4-12,16,21,24,26,28H,13-15,17-20,22-23H2,2H3/t26-/m1/s1. The number of carbonyl (C=O) groups is 1. The Hall–Kier alpha value is -3.76.